The Kier molecular flexibility index (Phi) is 3.20. The van der Waals surface area contributed by atoms with Crippen LogP contribution in [0.3, 0.4) is 0 Å². The molecule has 0 radical (unpaired) electrons. The fraction of sp³-hybridized carbons (Fsp3) is 0.600. The van der Waals surface area contributed by atoms with E-state index in [1.807, 2.05) is 6.07 Å². The molecule has 21 heavy (non-hydrogen) atoms. The molecule has 114 valence electrons. The maximum atomic E-state index is 12.8. The summed E-state index contributed by atoms with van der Waals surface area (Å²) in [6.07, 6.45) is 4.23. The van der Waals surface area contributed by atoms with E-state index in [1.54, 1.807) is 16.4 Å². The highest BCUT2D eigenvalue weighted by Gasteiger charge is 2.39. The molecule has 3 aliphatic heterocycles. The summed E-state index contributed by atoms with van der Waals surface area (Å²) >= 11 is 0. The first-order chi connectivity index (χ1) is 10.1. The number of rotatable bonds is 2. The first kappa shape index (κ1) is 13.5. The molecule has 3 aliphatic rings. The van der Waals surface area contributed by atoms with Crippen LogP contribution in [0.15, 0.2) is 23.1 Å². The highest BCUT2D eigenvalue weighted by atomic mass is 32.2. The van der Waals surface area contributed by atoms with Crippen molar-refractivity contribution in [1.29, 1.82) is 0 Å². The van der Waals surface area contributed by atoms with Gasteiger partial charge in [0.1, 0.15) is 0 Å². The molecule has 6 heteroatoms. The van der Waals surface area contributed by atoms with Gasteiger partial charge in [-0.05, 0) is 43.4 Å². The summed E-state index contributed by atoms with van der Waals surface area (Å²) < 4.78 is 33.0. The van der Waals surface area contributed by atoms with Crippen molar-refractivity contribution in [2.24, 2.45) is 0 Å². The second-order valence-electron chi connectivity index (χ2n) is 6.13. The lowest BCUT2D eigenvalue weighted by molar-refractivity contribution is -0.0114. The predicted molar refractivity (Wildman–Crippen MR) is 79.9 cm³/mol. The minimum absolute atomic E-state index is 0.0780. The van der Waals surface area contributed by atoms with Gasteiger partial charge in [-0.1, -0.05) is 6.07 Å². The molecule has 2 atom stereocenters. The third kappa shape index (κ3) is 2.35. The van der Waals surface area contributed by atoms with Gasteiger partial charge >= 0.3 is 0 Å². The monoisotopic (exact) mass is 308 g/mol. The molecule has 2 bridgehead atoms. The number of anilines is 1. The summed E-state index contributed by atoms with van der Waals surface area (Å²) in [6, 6.07) is 5.49. The number of nitrogens with one attached hydrogen (secondary N) is 1. The van der Waals surface area contributed by atoms with Gasteiger partial charge in [-0.15, -0.1) is 0 Å². The molecule has 1 N–H and O–H groups in total. The van der Waals surface area contributed by atoms with E-state index in [-0.39, 0.29) is 12.2 Å². The quantitative estimate of drug-likeness (QED) is 0.901. The Hall–Kier alpha value is -1.11. The van der Waals surface area contributed by atoms with Crippen molar-refractivity contribution in [3.8, 4) is 0 Å². The molecule has 3 heterocycles. The summed E-state index contributed by atoms with van der Waals surface area (Å²) in [4.78, 5) is 0.400. The molecular formula is C15H20N2O3S. The molecule has 1 aromatic carbocycles. The van der Waals surface area contributed by atoms with Crippen molar-refractivity contribution < 1.29 is 13.2 Å². The molecule has 5 nitrogen and oxygen atoms in total. The Morgan fingerprint density at radius 3 is 2.71 bits per heavy atom. The highest BCUT2D eigenvalue weighted by Crippen LogP contribution is 2.32. The van der Waals surface area contributed by atoms with Crippen LogP contribution in [0.4, 0.5) is 5.69 Å². The normalized spacial score (nSPS) is 29.0. The molecule has 2 unspecified atom stereocenters. The first-order valence-corrected chi connectivity index (χ1v) is 9.09. The van der Waals surface area contributed by atoms with Crippen LogP contribution >= 0.6 is 0 Å². The zero-order valence-electron chi connectivity index (χ0n) is 11.9. The highest BCUT2D eigenvalue weighted by molar-refractivity contribution is 7.89. The summed E-state index contributed by atoms with van der Waals surface area (Å²) in [6.45, 7) is 1.89. The van der Waals surface area contributed by atoms with Crippen LogP contribution in [0.2, 0.25) is 0 Å². The van der Waals surface area contributed by atoms with E-state index >= 15 is 0 Å². The molecular weight excluding hydrogens is 288 g/mol. The van der Waals surface area contributed by atoms with Gasteiger partial charge in [0.15, 0.2) is 0 Å². The average Bonchev–Trinajstić information content (AvgIpc) is 2.85. The minimum atomic E-state index is -3.41. The standard InChI is InChI=1S/C15H20N2O3S/c18-21(19,17-9-12-4-5-13(10-17)20-12)14-6-3-11-2-1-7-16-15(11)8-14/h3,6,8,12-13,16H,1-2,4-5,7,9-10H2. The molecule has 0 aliphatic carbocycles. The lowest BCUT2D eigenvalue weighted by Crippen LogP contribution is -2.45. The number of aryl methyl sites for hydroxylation is 1. The number of hydrogen-bond donors (Lipinski definition) is 1. The molecule has 0 spiro atoms. The SMILES string of the molecule is O=S(=O)(c1ccc2c(c1)NCCC2)N1CC2CCC(C1)O2. The number of morpholine rings is 1. The topological polar surface area (TPSA) is 58.6 Å². The average molecular weight is 308 g/mol. The summed E-state index contributed by atoms with van der Waals surface area (Å²) in [7, 11) is -3.41. The van der Waals surface area contributed by atoms with E-state index in [0.29, 0.717) is 18.0 Å². The van der Waals surface area contributed by atoms with Gasteiger partial charge in [-0.3, -0.25) is 0 Å². The Labute approximate surface area is 125 Å². The van der Waals surface area contributed by atoms with Gasteiger partial charge in [-0.2, -0.15) is 4.31 Å². The number of fused-ring (bicyclic) bond motifs is 3. The van der Waals surface area contributed by atoms with Gasteiger partial charge in [0.2, 0.25) is 10.0 Å². The largest absolute Gasteiger partial charge is 0.385 e. The fourth-order valence-corrected chi connectivity index (χ4v) is 5.05. The van der Waals surface area contributed by atoms with E-state index in [0.717, 1.165) is 37.9 Å². The van der Waals surface area contributed by atoms with Crippen molar-refractivity contribution in [3.05, 3.63) is 23.8 Å². The van der Waals surface area contributed by atoms with Crippen LogP contribution in [-0.2, 0) is 21.2 Å². The number of ether oxygens (including phenoxy) is 1. The third-order valence-corrected chi connectivity index (χ3v) is 6.50. The van der Waals surface area contributed by atoms with E-state index in [2.05, 4.69) is 5.32 Å². The minimum Gasteiger partial charge on any atom is -0.385 e. The van der Waals surface area contributed by atoms with Crippen LogP contribution in [-0.4, -0.2) is 44.6 Å². The molecule has 0 amide bonds. The lowest BCUT2D eigenvalue weighted by atomic mass is 10.0. The summed E-state index contributed by atoms with van der Waals surface area (Å²) in [5.41, 5.74) is 2.18. The lowest BCUT2D eigenvalue weighted by Gasteiger charge is -2.31. The Morgan fingerprint density at radius 2 is 1.95 bits per heavy atom. The molecule has 2 fully saturated rings. The Morgan fingerprint density at radius 1 is 1.19 bits per heavy atom. The van der Waals surface area contributed by atoms with Crippen LogP contribution in [0.5, 0.6) is 0 Å². The van der Waals surface area contributed by atoms with Crippen LogP contribution < -0.4 is 5.32 Å². The van der Waals surface area contributed by atoms with Crippen molar-refractivity contribution in [2.75, 3.05) is 25.0 Å². The van der Waals surface area contributed by atoms with E-state index in [9.17, 15) is 8.42 Å². The number of nitrogens with zero attached hydrogens (tertiary/aromatic N) is 1. The molecule has 0 aromatic heterocycles. The predicted octanol–water partition coefficient (Wildman–Crippen LogP) is 1.60. The number of benzene rings is 1. The maximum absolute atomic E-state index is 12.8. The summed E-state index contributed by atoms with van der Waals surface area (Å²) in [5.74, 6) is 0. The summed E-state index contributed by atoms with van der Waals surface area (Å²) in [5, 5.41) is 3.30. The van der Waals surface area contributed by atoms with Gasteiger partial charge in [0.25, 0.3) is 0 Å². The van der Waals surface area contributed by atoms with Crippen LogP contribution in [0.25, 0.3) is 0 Å². The van der Waals surface area contributed by atoms with Gasteiger partial charge in [0, 0.05) is 25.3 Å². The number of sulfonamides is 1. The van der Waals surface area contributed by atoms with Crippen molar-refractivity contribution in [2.45, 2.75) is 42.8 Å². The maximum Gasteiger partial charge on any atom is 0.243 e. The molecule has 0 saturated carbocycles. The fourth-order valence-electron chi connectivity index (χ4n) is 3.52. The van der Waals surface area contributed by atoms with E-state index < -0.39 is 10.0 Å². The second kappa shape index (κ2) is 4.97. The smallest absolute Gasteiger partial charge is 0.243 e. The van der Waals surface area contributed by atoms with Crippen LogP contribution in [0.1, 0.15) is 24.8 Å². The van der Waals surface area contributed by atoms with Gasteiger partial charge in [-0.25, -0.2) is 8.42 Å². The second-order valence-corrected chi connectivity index (χ2v) is 8.07. The molecule has 4 rings (SSSR count). The van der Waals surface area contributed by atoms with Crippen molar-refractivity contribution >= 4 is 15.7 Å². The third-order valence-electron chi connectivity index (χ3n) is 4.67. The zero-order chi connectivity index (χ0) is 14.4. The van der Waals surface area contributed by atoms with Gasteiger partial charge in [0.05, 0.1) is 17.1 Å². The van der Waals surface area contributed by atoms with E-state index in [4.69, 9.17) is 4.74 Å². The van der Waals surface area contributed by atoms with Crippen molar-refractivity contribution in [3.63, 3.8) is 0 Å². The van der Waals surface area contributed by atoms with Gasteiger partial charge < -0.3 is 10.1 Å². The van der Waals surface area contributed by atoms with Crippen LogP contribution in [0, 0.1) is 0 Å². The zero-order valence-corrected chi connectivity index (χ0v) is 12.7. The number of hydrogen-bond acceptors (Lipinski definition) is 4. The molecule has 1 aromatic rings. The Balaban J connectivity index is 1.65. The van der Waals surface area contributed by atoms with Crippen molar-refractivity contribution in [1.82, 2.24) is 4.31 Å². The molecule has 2 saturated heterocycles. The first-order valence-electron chi connectivity index (χ1n) is 7.65. The van der Waals surface area contributed by atoms with E-state index in [1.165, 1.54) is 5.56 Å². The Bertz CT molecular complexity index is 647.